The van der Waals surface area contributed by atoms with Crippen molar-refractivity contribution >= 4 is 5.95 Å². The normalized spacial score (nSPS) is 27.0. The summed E-state index contributed by atoms with van der Waals surface area (Å²) < 4.78 is 1.63. The molecule has 3 N–H and O–H groups in total. The van der Waals surface area contributed by atoms with E-state index in [4.69, 9.17) is 5.73 Å². The molecule has 5 heteroatoms. The van der Waals surface area contributed by atoms with E-state index in [0.29, 0.717) is 5.95 Å². The summed E-state index contributed by atoms with van der Waals surface area (Å²) in [4.78, 5) is 4.30. The van der Waals surface area contributed by atoms with Crippen molar-refractivity contribution < 1.29 is 0 Å². The van der Waals surface area contributed by atoms with Crippen molar-refractivity contribution in [3.8, 4) is 0 Å². The number of nitrogens with zero attached hydrogens (tertiary/aromatic N) is 3. The maximum atomic E-state index is 5.68. The molecule has 0 radical (unpaired) electrons. The van der Waals surface area contributed by atoms with Crippen LogP contribution in [0.2, 0.25) is 0 Å². The first-order chi connectivity index (χ1) is 6.68. The zero-order valence-corrected chi connectivity index (χ0v) is 8.75. The molecule has 1 fully saturated rings. The summed E-state index contributed by atoms with van der Waals surface area (Å²) in [6, 6.07) is 0. The van der Waals surface area contributed by atoms with Crippen molar-refractivity contribution in [1.82, 2.24) is 20.1 Å². The SMILES string of the molecule is CCC1(c2nc(N)n(C)n2)CCCN1. The first kappa shape index (κ1) is 9.45. The molecule has 1 atom stereocenters. The second-order valence-electron chi connectivity index (χ2n) is 3.88. The predicted octanol–water partition coefficient (Wildman–Crippen LogP) is 0.386. The molecule has 0 saturated carbocycles. The van der Waals surface area contributed by atoms with Gasteiger partial charge in [0.1, 0.15) is 0 Å². The highest BCUT2D eigenvalue weighted by Gasteiger charge is 2.37. The standard InChI is InChI=1S/C9H17N5/c1-3-9(5-4-6-11-9)7-12-8(10)14(2)13-7/h11H,3-6H2,1-2H3,(H2,10,12,13). The highest BCUT2D eigenvalue weighted by molar-refractivity contribution is 5.20. The molecular formula is C9H17N5. The number of hydrogen-bond acceptors (Lipinski definition) is 4. The number of nitrogen functional groups attached to an aromatic ring is 1. The second-order valence-corrected chi connectivity index (χ2v) is 3.88. The van der Waals surface area contributed by atoms with Crippen LogP contribution in [-0.4, -0.2) is 21.3 Å². The number of aryl methyl sites for hydroxylation is 1. The molecule has 0 spiro atoms. The summed E-state index contributed by atoms with van der Waals surface area (Å²) in [5.74, 6) is 1.33. The van der Waals surface area contributed by atoms with Gasteiger partial charge in [0.15, 0.2) is 5.82 Å². The first-order valence-electron chi connectivity index (χ1n) is 5.10. The predicted molar refractivity (Wildman–Crippen MR) is 54.6 cm³/mol. The van der Waals surface area contributed by atoms with Gasteiger partial charge in [0.25, 0.3) is 0 Å². The molecule has 1 saturated heterocycles. The van der Waals surface area contributed by atoms with E-state index in [1.165, 1.54) is 6.42 Å². The Labute approximate surface area is 83.7 Å². The Kier molecular flexibility index (Phi) is 2.19. The Morgan fingerprint density at radius 1 is 1.64 bits per heavy atom. The lowest BCUT2D eigenvalue weighted by atomic mass is 9.93. The maximum absolute atomic E-state index is 5.68. The van der Waals surface area contributed by atoms with Crippen molar-refractivity contribution in [3.63, 3.8) is 0 Å². The lowest BCUT2D eigenvalue weighted by Crippen LogP contribution is -2.37. The summed E-state index contributed by atoms with van der Waals surface area (Å²) in [6.07, 6.45) is 3.30. The van der Waals surface area contributed by atoms with Crippen LogP contribution >= 0.6 is 0 Å². The molecule has 1 aliphatic heterocycles. The largest absolute Gasteiger partial charge is 0.368 e. The van der Waals surface area contributed by atoms with Crippen molar-refractivity contribution in [2.75, 3.05) is 12.3 Å². The van der Waals surface area contributed by atoms with E-state index >= 15 is 0 Å². The number of hydrogen-bond donors (Lipinski definition) is 2. The fourth-order valence-electron chi connectivity index (χ4n) is 2.06. The van der Waals surface area contributed by atoms with Crippen LogP contribution in [0, 0.1) is 0 Å². The van der Waals surface area contributed by atoms with Gasteiger partial charge in [-0.2, -0.15) is 10.1 Å². The van der Waals surface area contributed by atoms with E-state index < -0.39 is 0 Å². The summed E-state index contributed by atoms with van der Waals surface area (Å²) in [7, 11) is 1.82. The van der Waals surface area contributed by atoms with Crippen LogP contribution in [0.5, 0.6) is 0 Å². The van der Waals surface area contributed by atoms with E-state index in [9.17, 15) is 0 Å². The molecule has 1 unspecified atom stereocenters. The van der Waals surface area contributed by atoms with Gasteiger partial charge in [-0.25, -0.2) is 4.68 Å². The smallest absolute Gasteiger partial charge is 0.218 e. The minimum Gasteiger partial charge on any atom is -0.368 e. The first-order valence-corrected chi connectivity index (χ1v) is 5.10. The summed E-state index contributed by atoms with van der Waals surface area (Å²) in [5.41, 5.74) is 5.65. The van der Waals surface area contributed by atoms with Crippen LogP contribution in [0.25, 0.3) is 0 Å². The number of aromatic nitrogens is 3. The van der Waals surface area contributed by atoms with Gasteiger partial charge in [-0.15, -0.1) is 0 Å². The number of nitrogens with two attached hydrogens (primary N) is 1. The van der Waals surface area contributed by atoms with Crippen LogP contribution in [0.1, 0.15) is 32.0 Å². The molecule has 0 amide bonds. The molecule has 0 aromatic carbocycles. The quantitative estimate of drug-likeness (QED) is 0.716. The van der Waals surface area contributed by atoms with Crippen LogP contribution < -0.4 is 11.1 Å². The third-order valence-electron chi connectivity index (χ3n) is 3.07. The Morgan fingerprint density at radius 3 is 2.86 bits per heavy atom. The monoisotopic (exact) mass is 195 g/mol. The van der Waals surface area contributed by atoms with Gasteiger partial charge >= 0.3 is 0 Å². The molecule has 5 nitrogen and oxygen atoms in total. The van der Waals surface area contributed by atoms with E-state index in [1.807, 2.05) is 7.05 Å². The fourth-order valence-corrected chi connectivity index (χ4v) is 2.06. The van der Waals surface area contributed by atoms with Gasteiger partial charge in [0, 0.05) is 7.05 Å². The molecule has 0 aliphatic carbocycles. The average molecular weight is 195 g/mol. The van der Waals surface area contributed by atoms with E-state index in [0.717, 1.165) is 25.2 Å². The van der Waals surface area contributed by atoms with Crippen molar-refractivity contribution in [2.45, 2.75) is 31.7 Å². The molecule has 0 bridgehead atoms. The molecular weight excluding hydrogens is 178 g/mol. The molecule has 2 heterocycles. The van der Waals surface area contributed by atoms with Gasteiger partial charge < -0.3 is 11.1 Å². The number of nitrogens with one attached hydrogen (secondary N) is 1. The minimum atomic E-state index is -0.0324. The summed E-state index contributed by atoms with van der Waals surface area (Å²) >= 11 is 0. The van der Waals surface area contributed by atoms with Crippen LogP contribution in [-0.2, 0) is 12.6 Å². The Morgan fingerprint density at radius 2 is 2.43 bits per heavy atom. The molecule has 78 valence electrons. The van der Waals surface area contributed by atoms with E-state index in [1.54, 1.807) is 4.68 Å². The second kappa shape index (κ2) is 3.24. The van der Waals surface area contributed by atoms with E-state index in [2.05, 4.69) is 22.3 Å². The Bertz CT molecular complexity index is 304. The summed E-state index contributed by atoms with van der Waals surface area (Å²) in [6.45, 7) is 3.21. The zero-order valence-electron chi connectivity index (χ0n) is 8.75. The van der Waals surface area contributed by atoms with Crippen molar-refractivity contribution in [3.05, 3.63) is 5.82 Å². The van der Waals surface area contributed by atoms with Gasteiger partial charge in [-0.1, -0.05) is 6.92 Å². The average Bonchev–Trinajstić information content (AvgIpc) is 2.75. The van der Waals surface area contributed by atoms with Crippen molar-refractivity contribution in [2.24, 2.45) is 7.05 Å². The van der Waals surface area contributed by atoms with Gasteiger partial charge in [0.05, 0.1) is 5.54 Å². The molecule has 1 aromatic rings. The Hall–Kier alpha value is -1.10. The topological polar surface area (TPSA) is 68.8 Å². The fraction of sp³-hybridized carbons (Fsp3) is 0.778. The maximum Gasteiger partial charge on any atom is 0.218 e. The third-order valence-corrected chi connectivity index (χ3v) is 3.07. The highest BCUT2D eigenvalue weighted by Crippen LogP contribution is 2.31. The van der Waals surface area contributed by atoms with Crippen LogP contribution in [0.4, 0.5) is 5.95 Å². The molecule has 1 aromatic heterocycles. The zero-order chi connectivity index (χ0) is 10.2. The minimum absolute atomic E-state index is 0.0324. The summed E-state index contributed by atoms with van der Waals surface area (Å²) in [5, 5.41) is 7.84. The molecule has 2 rings (SSSR count). The lowest BCUT2D eigenvalue weighted by molar-refractivity contribution is 0.351. The van der Waals surface area contributed by atoms with Crippen LogP contribution in [0.15, 0.2) is 0 Å². The molecule has 14 heavy (non-hydrogen) atoms. The number of anilines is 1. The Balaban J connectivity index is 2.36. The number of rotatable bonds is 2. The van der Waals surface area contributed by atoms with Gasteiger partial charge in [-0.3, -0.25) is 0 Å². The van der Waals surface area contributed by atoms with Gasteiger partial charge in [0.2, 0.25) is 5.95 Å². The lowest BCUT2D eigenvalue weighted by Gasteiger charge is -2.24. The van der Waals surface area contributed by atoms with Crippen molar-refractivity contribution in [1.29, 1.82) is 0 Å². The van der Waals surface area contributed by atoms with Crippen LogP contribution in [0.3, 0.4) is 0 Å². The van der Waals surface area contributed by atoms with E-state index in [-0.39, 0.29) is 5.54 Å². The van der Waals surface area contributed by atoms with Gasteiger partial charge in [-0.05, 0) is 25.8 Å². The molecule has 1 aliphatic rings. The third kappa shape index (κ3) is 1.28. The highest BCUT2D eigenvalue weighted by atomic mass is 15.4.